The van der Waals surface area contributed by atoms with E-state index in [0.717, 1.165) is 17.2 Å². The van der Waals surface area contributed by atoms with Gasteiger partial charge >= 0.3 is 6.18 Å². The first kappa shape index (κ1) is 19.8. The fourth-order valence-electron chi connectivity index (χ4n) is 3.27. The average molecular weight is 409 g/mol. The van der Waals surface area contributed by atoms with Gasteiger partial charge in [-0.25, -0.2) is 0 Å². The summed E-state index contributed by atoms with van der Waals surface area (Å²) in [6.45, 7) is 2.19. The Labute approximate surface area is 171 Å². The standard InChI is InChI=1S/C23H18F3N3O/c1-14-4-2-3-5-18(14)19-11-10-17(12-20(19)23(24,25)26)22-28-21(29-30-22)16-8-6-15(13-27)7-9-16/h2-12H,13,27H2,1H3. The van der Waals surface area contributed by atoms with Crippen molar-refractivity contribution in [1.29, 1.82) is 0 Å². The van der Waals surface area contributed by atoms with Crippen LogP contribution in [-0.2, 0) is 12.7 Å². The summed E-state index contributed by atoms with van der Waals surface area (Å²) >= 11 is 0. The number of nitrogens with zero attached hydrogens (tertiary/aromatic N) is 2. The zero-order valence-electron chi connectivity index (χ0n) is 16.1. The highest BCUT2D eigenvalue weighted by Crippen LogP contribution is 2.40. The van der Waals surface area contributed by atoms with E-state index in [9.17, 15) is 13.2 Å². The van der Waals surface area contributed by atoms with Crippen LogP contribution in [0.15, 0.2) is 71.3 Å². The number of halogens is 3. The molecule has 4 nitrogen and oxygen atoms in total. The van der Waals surface area contributed by atoms with Crippen LogP contribution in [0.3, 0.4) is 0 Å². The second-order valence-corrected chi connectivity index (χ2v) is 6.90. The van der Waals surface area contributed by atoms with E-state index in [2.05, 4.69) is 10.1 Å². The molecule has 0 aliphatic rings. The third-order valence-electron chi connectivity index (χ3n) is 4.88. The summed E-state index contributed by atoms with van der Waals surface area (Å²) in [7, 11) is 0. The van der Waals surface area contributed by atoms with Gasteiger partial charge in [0.2, 0.25) is 5.82 Å². The lowest BCUT2D eigenvalue weighted by Gasteiger charge is -2.15. The van der Waals surface area contributed by atoms with Gasteiger partial charge in [0.25, 0.3) is 5.89 Å². The molecule has 0 saturated carbocycles. The van der Waals surface area contributed by atoms with Gasteiger partial charge in [0.05, 0.1) is 5.56 Å². The lowest BCUT2D eigenvalue weighted by molar-refractivity contribution is -0.137. The fraction of sp³-hybridized carbons (Fsp3) is 0.130. The molecule has 30 heavy (non-hydrogen) atoms. The minimum atomic E-state index is -4.53. The van der Waals surface area contributed by atoms with Gasteiger partial charge in [-0.2, -0.15) is 18.2 Å². The van der Waals surface area contributed by atoms with Crippen molar-refractivity contribution >= 4 is 0 Å². The Morgan fingerprint density at radius 1 is 0.900 bits per heavy atom. The molecule has 0 fully saturated rings. The highest BCUT2D eigenvalue weighted by atomic mass is 19.4. The van der Waals surface area contributed by atoms with Crippen molar-refractivity contribution in [3.8, 4) is 34.0 Å². The molecule has 1 aromatic heterocycles. The Hall–Kier alpha value is -3.45. The Bertz CT molecular complexity index is 1180. The molecule has 1 heterocycles. The highest BCUT2D eigenvalue weighted by molar-refractivity contribution is 5.74. The summed E-state index contributed by atoms with van der Waals surface area (Å²) in [6, 6.07) is 18.3. The molecule has 0 amide bonds. The summed E-state index contributed by atoms with van der Waals surface area (Å²) < 4.78 is 46.7. The van der Waals surface area contributed by atoms with E-state index < -0.39 is 11.7 Å². The Morgan fingerprint density at radius 3 is 2.27 bits per heavy atom. The molecule has 0 saturated heterocycles. The molecule has 0 aliphatic carbocycles. The number of aromatic nitrogens is 2. The topological polar surface area (TPSA) is 64.9 Å². The Kier molecular flexibility index (Phi) is 5.13. The first-order valence-electron chi connectivity index (χ1n) is 9.27. The van der Waals surface area contributed by atoms with Gasteiger partial charge in [0, 0.05) is 17.7 Å². The van der Waals surface area contributed by atoms with Crippen LogP contribution in [-0.4, -0.2) is 10.1 Å². The van der Waals surface area contributed by atoms with E-state index in [0.29, 0.717) is 23.5 Å². The molecule has 3 aromatic carbocycles. The predicted octanol–water partition coefficient (Wildman–Crippen LogP) is 5.86. The van der Waals surface area contributed by atoms with Gasteiger partial charge in [-0.05, 0) is 41.3 Å². The van der Waals surface area contributed by atoms with E-state index >= 15 is 0 Å². The molecule has 2 N–H and O–H groups in total. The van der Waals surface area contributed by atoms with Crippen molar-refractivity contribution in [3.63, 3.8) is 0 Å². The third-order valence-corrected chi connectivity index (χ3v) is 4.88. The fourth-order valence-corrected chi connectivity index (χ4v) is 3.27. The van der Waals surface area contributed by atoms with E-state index in [1.165, 1.54) is 6.07 Å². The number of alkyl halides is 3. The molecule has 0 aliphatic heterocycles. The Balaban J connectivity index is 1.75. The first-order valence-corrected chi connectivity index (χ1v) is 9.27. The van der Waals surface area contributed by atoms with Crippen molar-refractivity contribution < 1.29 is 17.7 Å². The number of benzene rings is 3. The SMILES string of the molecule is Cc1ccccc1-c1ccc(-c2nc(-c3ccc(CN)cc3)no2)cc1C(F)(F)F. The van der Waals surface area contributed by atoms with Gasteiger partial charge in [0.15, 0.2) is 0 Å². The maximum Gasteiger partial charge on any atom is 0.417 e. The molecular weight excluding hydrogens is 391 g/mol. The number of nitrogens with two attached hydrogens (primary N) is 1. The van der Waals surface area contributed by atoms with Crippen molar-refractivity contribution in [2.24, 2.45) is 5.73 Å². The molecule has 4 rings (SSSR count). The van der Waals surface area contributed by atoms with Gasteiger partial charge < -0.3 is 10.3 Å². The van der Waals surface area contributed by atoms with Crippen LogP contribution >= 0.6 is 0 Å². The monoisotopic (exact) mass is 409 g/mol. The molecule has 0 atom stereocenters. The van der Waals surface area contributed by atoms with E-state index in [-0.39, 0.29) is 17.0 Å². The van der Waals surface area contributed by atoms with Crippen LogP contribution in [0.4, 0.5) is 13.2 Å². The van der Waals surface area contributed by atoms with Gasteiger partial charge in [-0.1, -0.05) is 59.8 Å². The van der Waals surface area contributed by atoms with Crippen LogP contribution in [0.25, 0.3) is 34.0 Å². The molecule has 0 spiro atoms. The lowest BCUT2D eigenvalue weighted by Crippen LogP contribution is -2.08. The molecule has 0 unspecified atom stereocenters. The normalized spacial score (nSPS) is 11.6. The van der Waals surface area contributed by atoms with Gasteiger partial charge in [-0.3, -0.25) is 0 Å². The van der Waals surface area contributed by atoms with Gasteiger partial charge in [-0.15, -0.1) is 0 Å². The van der Waals surface area contributed by atoms with Gasteiger partial charge in [0.1, 0.15) is 0 Å². The van der Waals surface area contributed by atoms with Crippen LogP contribution in [0.1, 0.15) is 16.7 Å². The molecule has 152 valence electrons. The molecular formula is C23H18F3N3O. The summed E-state index contributed by atoms with van der Waals surface area (Å²) in [5.41, 5.74) is 8.09. The van der Waals surface area contributed by atoms with Crippen LogP contribution in [0.5, 0.6) is 0 Å². The molecule has 7 heteroatoms. The number of hydrogen-bond donors (Lipinski definition) is 1. The maximum atomic E-state index is 13.8. The first-order chi connectivity index (χ1) is 14.4. The van der Waals surface area contributed by atoms with Crippen LogP contribution in [0.2, 0.25) is 0 Å². The zero-order valence-corrected chi connectivity index (χ0v) is 16.1. The summed E-state index contributed by atoms with van der Waals surface area (Å²) in [5, 5.41) is 3.91. The molecule has 0 radical (unpaired) electrons. The van der Waals surface area contributed by atoms with Crippen molar-refractivity contribution in [2.45, 2.75) is 19.6 Å². The van der Waals surface area contributed by atoms with E-state index in [1.54, 1.807) is 49.4 Å². The smallest absolute Gasteiger partial charge is 0.334 e. The van der Waals surface area contributed by atoms with E-state index in [4.69, 9.17) is 10.3 Å². The van der Waals surface area contributed by atoms with Crippen molar-refractivity contribution in [3.05, 3.63) is 83.4 Å². The minimum Gasteiger partial charge on any atom is -0.334 e. The second kappa shape index (κ2) is 7.76. The number of aryl methyl sites for hydroxylation is 1. The zero-order chi connectivity index (χ0) is 21.3. The third kappa shape index (κ3) is 3.84. The van der Waals surface area contributed by atoms with Crippen LogP contribution in [0, 0.1) is 6.92 Å². The Morgan fingerprint density at radius 2 is 1.60 bits per heavy atom. The minimum absolute atomic E-state index is 0.0229. The maximum absolute atomic E-state index is 13.8. The van der Waals surface area contributed by atoms with Crippen LogP contribution < -0.4 is 5.73 Å². The average Bonchev–Trinajstić information content (AvgIpc) is 3.23. The number of hydrogen-bond acceptors (Lipinski definition) is 4. The summed E-state index contributed by atoms with van der Waals surface area (Å²) in [6.07, 6.45) is -4.53. The quantitative estimate of drug-likeness (QED) is 0.459. The largest absolute Gasteiger partial charge is 0.417 e. The predicted molar refractivity (Wildman–Crippen MR) is 108 cm³/mol. The number of rotatable bonds is 4. The summed E-state index contributed by atoms with van der Waals surface area (Å²) in [5.74, 6) is 0.319. The highest BCUT2D eigenvalue weighted by Gasteiger charge is 2.34. The van der Waals surface area contributed by atoms with E-state index in [1.807, 2.05) is 12.1 Å². The molecule has 0 bridgehead atoms. The van der Waals surface area contributed by atoms with Crippen molar-refractivity contribution in [2.75, 3.05) is 0 Å². The molecule has 4 aromatic rings. The second-order valence-electron chi connectivity index (χ2n) is 6.90. The van der Waals surface area contributed by atoms with Crippen molar-refractivity contribution in [1.82, 2.24) is 10.1 Å². The lowest BCUT2D eigenvalue weighted by atomic mass is 9.94. The summed E-state index contributed by atoms with van der Waals surface area (Å²) in [4.78, 5) is 4.27.